The fourth-order valence-electron chi connectivity index (χ4n) is 2.43. The zero-order chi connectivity index (χ0) is 15.6. The summed E-state index contributed by atoms with van der Waals surface area (Å²) >= 11 is 0. The quantitative estimate of drug-likeness (QED) is 0.928. The summed E-state index contributed by atoms with van der Waals surface area (Å²) in [4.78, 5) is 25.3. The van der Waals surface area contributed by atoms with E-state index in [2.05, 4.69) is 0 Å². The molecule has 0 aromatic heterocycles. The van der Waals surface area contributed by atoms with Gasteiger partial charge in [-0.2, -0.15) is 0 Å². The van der Waals surface area contributed by atoms with Gasteiger partial charge in [-0.25, -0.2) is 0 Å². The van der Waals surface area contributed by atoms with Crippen molar-refractivity contribution in [3.05, 3.63) is 29.8 Å². The Morgan fingerprint density at radius 1 is 1.33 bits per heavy atom. The molecular weight excluding hydrogens is 270 g/mol. The highest BCUT2D eigenvalue weighted by molar-refractivity contribution is 5.97. The first-order chi connectivity index (χ1) is 9.79. The summed E-state index contributed by atoms with van der Waals surface area (Å²) in [5.41, 5.74) is 0.994. The number of fused-ring (bicyclic) bond motifs is 1. The summed E-state index contributed by atoms with van der Waals surface area (Å²) in [5, 5.41) is 9.29. The Labute approximate surface area is 124 Å². The molecule has 0 fully saturated rings. The van der Waals surface area contributed by atoms with Crippen molar-refractivity contribution in [3.8, 4) is 0 Å². The van der Waals surface area contributed by atoms with Crippen LogP contribution in [0.3, 0.4) is 0 Å². The van der Waals surface area contributed by atoms with E-state index in [9.17, 15) is 14.7 Å². The molecule has 1 heterocycles. The molecule has 0 bridgehead atoms. The number of carbonyl (C=O) groups excluding carboxylic acids is 1. The number of hydrogen-bond donors (Lipinski definition) is 1. The number of rotatable bonds is 3. The highest BCUT2D eigenvalue weighted by Gasteiger charge is 2.32. The molecule has 1 aliphatic heterocycles. The van der Waals surface area contributed by atoms with Crippen LogP contribution in [0.25, 0.3) is 0 Å². The van der Waals surface area contributed by atoms with Crippen LogP contribution in [0, 0.1) is 0 Å². The summed E-state index contributed by atoms with van der Waals surface area (Å²) < 4.78 is 5.53. The van der Waals surface area contributed by atoms with E-state index in [-0.39, 0.29) is 18.1 Å². The van der Waals surface area contributed by atoms with Gasteiger partial charge in [-0.3, -0.25) is 9.59 Å². The largest absolute Gasteiger partial charge is 0.481 e. The molecule has 1 aromatic carbocycles. The van der Waals surface area contributed by atoms with Gasteiger partial charge in [0.05, 0.1) is 11.5 Å². The van der Waals surface area contributed by atoms with E-state index < -0.39 is 11.9 Å². The molecular formula is C16H21NO4. The third-order valence-corrected chi connectivity index (χ3v) is 3.47. The van der Waals surface area contributed by atoms with Crippen LogP contribution in [0.15, 0.2) is 24.3 Å². The number of anilines is 1. The van der Waals surface area contributed by atoms with Crippen molar-refractivity contribution in [2.45, 2.75) is 38.7 Å². The third-order valence-electron chi connectivity index (χ3n) is 3.47. The minimum atomic E-state index is -0.847. The Morgan fingerprint density at radius 3 is 2.62 bits per heavy atom. The number of amides is 1. The third kappa shape index (κ3) is 3.61. The van der Waals surface area contributed by atoms with Crippen LogP contribution in [0.5, 0.6) is 0 Å². The molecule has 5 nitrogen and oxygen atoms in total. The van der Waals surface area contributed by atoms with Crippen molar-refractivity contribution in [3.63, 3.8) is 0 Å². The Morgan fingerprint density at radius 2 is 2.00 bits per heavy atom. The number of benzene rings is 1. The molecule has 0 spiro atoms. The summed E-state index contributed by atoms with van der Waals surface area (Å²) in [6.45, 7) is 6.08. The fourth-order valence-corrected chi connectivity index (χ4v) is 2.43. The van der Waals surface area contributed by atoms with E-state index >= 15 is 0 Å². The summed E-state index contributed by atoms with van der Waals surface area (Å²) in [6, 6.07) is 7.18. The molecule has 21 heavy (non-hydrogen) atoms. The number of hydrogen-bond acceptors (Lipinski definition) is 3. The molecule has 1 unspecified atom stereocenters. The number of nitrogens with zero attached hydrogens (tertiary/aromatic N) is 1. The summed E-state index contributed by atoms with van der Waals surface area (Å²) in [6.07, 6.45) is 0.424. The van der Waals surface area contributed by atoms with Crippen molar-refractivity contribution >= 4 is 17.6 Å². The predicted octanol–water partition coefficient (Wildman–Crippen LogP) is 2.41. The average Bonchev–Trinajstić information content (AvgIpc) is 2.42. The molecule has 1 atom stereocenters. The van der Waals surface area contributed by atoms with Gasteiger partial charge in [0.25, 0.3) is 5.91 Å². The van der Waals surface area contributed by atoms with E-state index in [0.29, 0.717) is 24.2 Å². The van der Waals surface area contributed by atoms with Gasteiger partial charge in [0.2, 0.25) is 0 Å². The molecule has 5 heteroatoms. The van der Waals surface area contributed by atoms with Gasteiger partial charge >= 0.3 is 5.97 Å². The molecule has 0 saturated carbocycles. The van der Waals surface area contributed by atoms with Crippen molar-refractivity contribution in [1.82, 2.24) is 0 Å². The molecule has 1 amide bonds. The summed E-state index contributed by atoms with van der Waals surface area (Å²) in [7, 11) is 0. The second kappa shape index (κ2) is 5.85. The maximum atomic E-state index is 12.3. The Kier molecular flexibility index (Phi) is 4.32. The number of aliphatic carboxylic acids is 1. The van der Waals surface area contributed by atoms with Gasteiger partial charge in [0.1, 0.15) is 6.61 Å². The highest BCUT2D eigenvalue weighted by Crippen LogP contribution is 2.35. The fraction of sp³-hybridized carbons (Fsp3) is 0.500. The van der Waals surface area contributed by atoms with E-state index in [1.807, 2.05) is 26.8 Å². The number of carbonyl (C=O) groups is 2. The molecule has 2 rings (SSSR count). The average molecular weight is 291 g/mol. The van der Waals surface area contributed by atoms with Crippen LogP contribution in [-0.4, -0.2) is 35.7 Å². The molecule has 1 aromatic rings. The van der Waals surface area contributed by atoms with Crippen molar-refractivity contribution in [1.29, 1.82) is 0 Å². The first-order valence-corrected chi connectivity index (χ1v) is 7.05. The lowest BCUT2D eigenvalue weighted by atomic mass is 9.90. The lowest BCUT2D eigenvalue weighted by Gasteiger charge is -2.33. The molecule has 0 aliphatic carbocycles. The second-order valence-electron chi connectivity index (χ2n) is 6.18. The van der Waals surface area contributed by atoms with Gasteiger partial charge in [0.15, 0.2) is 0 Å². The molecule has 0 radical (unpaired) electrons. The number of carboxylic acid groups (broad SMARTS) is 1. The normalized spacial score (nSPS) is 18.2. The van der Waals surface area contributed by atoms with Crippen molar-refractivity contribution in [2.75, 3.05) is 18.1 Å². The van der Waals surface area contributed by atoms with Crippen LogP contribution in [-0.2, 0) is 14.3 Å². The number of para-hydroxylation sites is 1. The van der Waals surface area contributed by atoms with Crippen molar-refractivity contribution < 1.29 is 19.4 Å². The standard InChI is InChI=1S/C16H21NO4/c1-16(2,3)21-10-14(18)17-9-8-12(15(19)20)11-6-4-5-7-13(11)17/h4-7,12H,8-10H2,1-3H3,(H,19,20). The first-order valence-electron chi connectivity index (χ1n) is 7.05. The SMILES string of the molecule is CC(C)(C)OCC(=O)N1CCC(C(=O)O)c2ccccc21. The van der Waals surface area contributed by atoms with Crippen LogP contribution >= 0.6 is 0 Å². The molecule has 114 valence electrons. The number of carboxylic acids is 1. The Bertz CT molecular complexity index is 547. The molecule has 0 saturated heterocycles. The first kappa shape index (κ1) is 15.5. The smallest absolute Gasteiger partial charge is 0.311 e. The van der Waals surface area contributed by atoms with Crippen LogP contribution in [0.1, 0.15) is 38.7 Å². The Balaban J connectivity index is 2.21. The molecule has 1 N–H and O–H groups in total. The summed E-state index contributed by atoms with van der Waals surface area (Å²) in [5.74, 6) is -1.53. The van der Waals surface area contributed by atoms with Gasteiger partial charge in [-0.1, -0.05) is 18.2 Å². The zero-order valence-corrected chi connectivity index (χ0v) is 12.6. The minimum Gasteiger partial charge on any atom is -0.481 e. The maximum Gasteiger partial charge on any atom is 0.311 e. The topological polar surface area (TPSA) is 66.8 Å². The lowest BCUT2D eigenvalue weighted by Crippen LogP contribution is -2.41. The molecule has 1 aliphatic rings. The van der Waals surface area contributed by atoms with Gasteiger partial charge in [-0.05, 0) is 38.8 Å². The van der Waals surface area contributed by atoms with E-state index in [1.165, 1.54) is 0 Å². The van der Waals surface area contributed by atoms with Gasteiger partial charge < -0.3 is 14.7 Å². The lowest BCUT2D eigenvalue weighted by molar-refractivity contribution is -0.139. The van der Waals surface area contributed by atoms with E-state index in [4.69, 9.17) is 4.74 Å². The number of ether oxygens (including phenoxy) is 1. The second-order valence-corrected chi connectivity index (χ2v) is 6.18. The van der Waals surface area contributed by atoms with Gasteiger partial charge in [-0.15, -0.1) is 0 Å². The van der Waals surface area contributed by atoms with E-state index in [0.717, 1.165) is 0 Å². The minimum absolute atomic E-state index is 0.00439. The predicted molar refractivity (Wildman–Crippen MR) is 79.5 cm³/mol. The van der Waals surface area contributed by atoms with Crippen molar-refractivity contribution in [2.24, 2.45) is 0 Å². The zero-order valence-electron chi connectivity index (χ0n) is 12.6. The monoisotopic (exact) mass is 291 g/mol. The van der Waals surface area contributed by atoms with E-state index in [1.54, 1.807) is 23.1 Å². The Hall–Kier alpha value is -1.88. The van der Waals surface area contributed by atoms with Gasteiger partial charge in [0, 0.05) is 12.2 Å². The highest BCUT2D eigenvalue weighted by atomic mass is 16.5. The maximum absolute atomic E-state index is 12.3. The van der Waals surface area contributed by atoms with Crippen LogP contribution < -0.4 is 4.90 Å². The van der Waals surface area contributed by atoms with Crippen LogP contribution in [0.2, 0.25) is 0 Å². The van der Waals surface area contributed by atoms with Crippen LogP contribution in [0.4, 0.5) is 5.69 Å².